The molecule has 3 amide bonds. The van der Waals surface area contributed by atoms with Gasteiger partial charge in [0.05, 0.1) is 6.54 Å². The molecular formula is C14H24N4O3. The molecule has 2 aliphatic rings. The van der Waals surface area contributed by atoms with Gasteiger partial charge in [-0.25, -0.2) is 0 Å². The van der Waals surface area contributed by atoms with E-state index in [0.29, 0.717) is 19.6 Å². The Morgan fingerprint density at radius 1 is 1.29 bits per heavy atom. The van der Waals surface area contributed by atoms with Gasteiger partial charge in [-0.2, -0.15) is 0 Å². The Balaban J connectivity index is 1.74. The van der Waals surface area contributed by atoms with E-state index in [1.54, 1.807) is 0 Å². The van der Waals surface area contributed by atoms with Crippen LogP contribution in [0, 0.1) is 5.92 Å². The maximum atomic E-state index is 12.1. The van der Waals surface area contributed by atoms with Crippen molar-refractivity contribution in [3.05, 3.63) is 0 Å². The van der Waals surface area contributed by atoms with Gasteiger partial charge in [-0.1, -0.05) is 13.8 Å². The highest BCUT2D eigenvalue weighted by molar-refractivity contribution is 5.87. The summed E-state index contributed by atoms with van der Waals surface area (Å²) >= 11 is 0. The number of hydrogen-bond donors (Lipinski definition) is 3. The summed E-state index contributed by atoms with van der Waals surface area (Å²) in [5.41, 5.74) is 0. The smallest absolute Gasteiger partial charge is 0.239 e. The van der Waals surface area contributed by atoms with Crippen molar-refractivity contribution >= 4 is 17.7 Å². The molecule has 2 aliphatic heterocycles. The number of hydrogen-bond acceptors (Lipinski definition) is 4. The largest absolute Gasteiger partial charge is 0.353 e. The first kappa shape index (κ1) is 15.8. The summed E-state index contributed by atoms with van der Waals surface area (Å²) in [7, 11) is 0. The number of piperidine rings is 1. The van der Waals surface area contributed by atoms with Crippen LogP contribution >= 0.6 is 0 Å². The molecule has 0 aromatic heterocycles. The molecule has 2 heterocycles. The first-order valence-electron chi connectivity index (χ1n) is 7.56. The Labute approximate surface area is 124 Å². The van der Waals surface area contributed by atoms with Crippen LogP contribution in [0.4, 0.5) is 0 Å². The maximum Gasteiger partial charge on any atom is 0.239 e. The highest BCUT2D eigenvalue weighted by Crippen LogP contribution is 2.13. The van der Waals surface area contributed by atoms with Gasteiger partial charge in [0.15, 0.2) is 0 Å². The molecule has 21 heavy (non-hydrogen) atoms. The van der Waals surface area contributed by atoms with E-state index in [-0.39, 0.29) is 42.3 Å². The Morgan fingerprint density at radius 3 is 2.48 bits per heavy atom. The molecule has 3 N–H and O–H groups in total. The first-order chi connectivity index (χ1) is 9.97. The number of likely N-dealkylation sites (tertiary alicyclic amines) is 1. The molecule has 0 saturated carbocycles. The van der Waals surface area contributed by atoms with Gasteiger partial charge in [-0.3, -0.25) is 19.7 Å². The SMILES string of the molecule is CC(C)C(=O)N1CCC(NC(=O)C2CNC(=O)CN2)CC1. The molecule has 7 heteroatoms. The van der Waals surface area contributed by atoms with Gasteiger partial charge >= 0.3 is 0 Å². The third kappa shape index (κ3) is 4.17. The monoisotopic (exact) mass is 296 g/mol. The number of carbonyl (C=O) groups excluding carboxylic acids is 3. The lowest BCUT2D eigenvalue weighted by molar-refractivity contribution is -0.135. The van der Waals surface area contributed by atoms with Gasteiger partial charge in [-0.05, 0) is 12.8 Å². The first-order valence-corrected chi connectivity index (χ1v) is 7.56. The van der Waals surface area contributed by atoms with Crippen LogP contribution in [0.25, 0.3) is 0 Å². The second kappa shape index (κ2) is 6.89. The van der Waals surface area contributed by atoms with E-state index in [1.165, 1.54) is 0 Å². The average molecular weight is 296 g/mol. The van der Waals surface area contributed by atoms with E-state index in [9.17, 15) is 14.4 Å². The number of nitrogens with one attached hydrogen (secondary N) is 3. The van der Waals surface area contributed by atoms with E-state index in [2.05, 4.69) is 16.0 Å². The molecule has 0 radical (unpaired) electrons. The van der Waals surface area contributed by atoms with Crippen molar-refractivity contribution in [3.63, 3.8) is 0 Å². The second-order valence-electron chi connectivity index (χ2n) is 6.00. The van der Waals surface area contributed by atoms with Crippen molar-refractivity contribution in [2.24, 2.45) is 5.92 Å². The molecule has 1 unspecified atom stereocenters. The summed E-state index contributed by atoms with van der Waals surface area (Å²) < 4.78 is 0. The van der Waals surface area contributed by atoms with Gasteiger partial charge in [0.1, 0.15) is 6.04 Å². The standard InChI is InChI=1S/C14H24N4O3/c1-9(2)14(21)18-5-3-10(4-6-18)17-13(20)11-7-16-12(19)8-15-11/h9-11,15H,3-8H2,1-2H3,(H,16,19)(H,17,20). The van der Waals surface area contributed by atoms with Crippen molar-refractivity contribution in [2.45, 2.75) is 38.8 Å². The lowest BCUT2D eigenvalue weighted by Gasteiger charge is -2.34. The van der Waals surface area contributed by atoms with Gasteiger partial charge < -0.3 is 15.5 Å². The Bertz CT molecular complexity index is 406. The topological polar surface area (TPSA) is 90.5 Å². The maximum absolute atomic E-state index is 12.1. The van der Waals surface area contributed by atoms with E-state index in [1.807, 2.05) is 18.7 Å². The van der Waals surface area contributed by atoms with Crippen molar-refractivity contribution in [1.29, 1.82) is 0 Å². The van der Waals surface area contributed by atoms with Gasteiger partial charge in [-0.15, -0.1) is 0 Å². The number of rotatable bonds is 3. The molecule has 0 aliphatic carbocycles. The Kier molecular flexibility index (Phi) is 5.17. The quantitative estimate of drug-likeness (QED) is 0.612. The Morgan fingerprint density at radius 2 is 1.95 bits per heavy atom. The predicted octanol–water partition coefficient (Wildman–Crippen LogP) is -1.16. The number of nitrogens with zero attached hydrogens (tertiary/aromatic N) is 1. The summed E-state index contributed by atoms with van der Waals surface area (Å²) in [6, 6.07) is -0.258. The van der Waals surface area contributed by atoms with Crippen LogP contribution in [0.2, 0.25) is 0 Å². The molecule has 0 aromatic carbocycles. The average Bonchev–Trinajstić information content (AvgIpc) is 2.47. The molecule has 0 spiro atoms. The number of amides is 3. The van der Waals surface area contributed by atoms with Crippen molar-refractivity contribution in [2.75, 3.05) is 26.2 Å². The fourth-order valence-corrected chi connectivity index (χ4v) is 2.66. The minimum absolute atomic E-state index is 0.0196. The summed E-state index contributed by atoms with van der Waals surface area (Å²) in [6.07, 6.45) is 1.56. The van der Waals surface area contributed by atoms with Crippen LogP contribution in [0.5, 0.6) is 0 Å². The molecule has 7 nitrogen and oxygen atoms in total. The van der Waals surface area contributed by atoms with Crippen molar-refractivity contribution < 1.29 is 14.4 Å². The predicted molar refractivity (Wildman–Crippen MR) is 77.4 cm³/mol. The number of piperazine rings is 1. The zero-order valence-corrected chi connectivity index (χ0v) is 12.6. The van der Waals surface area contributed by atoms with Crippen LogP contribution in [0.1, 0.15) is 26.7 Å². The van der Waals surface area contributed by atoms with E-state index in [4.69, 9.17) is 0 Å². The van der Waals surface area contributed by atoms with Crippen LogP contribution < -0.4 is 16.0 Å². The van der Waals surface area contributed by atoms with Gasteiger partial charge in [0.2, 0.25) is 17.7 Å². The van der Waals surface area contributed by atoms with Crippen molar-refractivity contribution in [1.82, 2.24) is 20.9 Å². The molecule has 2 saturated heterocycles. The highest BCUT2D eigenvalue weighted by atomic mass is 16.2. The van der Waals surface area contributed by atoms with Crippen LogP contribution in [0.3, 0.4) is 0 Å². The molecular weight excluding hydrogens is 272 g/mol. The van der Waals surface area contributed by atoms with E-state index in [0.717, 1.165) is 12.8 Å². The molecule has 2 rings (SSSR count). The fourth-order valence-electron chi connectivity index (χ4n) is 2.66. The molecule has 0 aromatic rings. The summed E-state index contributed by atoms with van der Waals surface area (Å²) in [5.74, 6) is 0.0332. The minimum Gasteiger partial charge on any atom is -0.353 e. The van der Waals surface area contributed by atoms with Gasteiger partial charge in [0, 0.05) is 31.6 Å². The molecule has 0 bridgehead atoms. The zero-order chi connectivity index (χ0) is 15.4. The van der Waals surface area contributed by atoms with Crippen molar-refractivity contribution in [3.8, 4) is 0 Å². The third-order valence-electron chi connectivity index (χ3n) is 3.98. The Hall–Kier alpha value is -1.63. The van der Waals surface area contributed by atoms with E-state index < -0.39 is 0 Å². The zero-order valence-electron chi connectivity index (χ0n) is 12.6. The summed E-state index contributed by atoms with van der Waals surface area (Å²) in [4.78, 5) is 36.9. The highest BCUT2D eigenvalue weighted by Gasteiger charge is 2.28. The van der Waals surface area contributed by atoms with Crippen LogP contribution in [-0.4, -0.2) is 60.9 Å². The summed E-state index contributed by atoms with van der Waals surface area (Å²) in [5, 5.41) is 8.58. The third-order valence-corrected chi connectivity index (χ3v) is 3.98. The fraction of sp³-hybridized carbons (Fsp3) is 0.786. The molecule has 118 valence electrons. The summed E-state index contributed by atoms with van der Waals surface area (Å²) in [6.45, 7) is 5.70. The van der Waals surface area contributed by atoms with Crippen LogP contribution in [0.15, 0.2) is 0 Å². The lowest BCUT2D eigenvalue weighted by Crippen LogP contribution is -2.59. The minimum atomic E-state index is -0.363. The van der Waals surface area contributed by atoms with Gasteiger partial charge in [0.25, 0.3) is 0 Å². The molecule has 2 fully saturated rings. The van der Waals surface area contributed by atoms with E-state index >= 15 is 0 Å². The van der Waals surface area contributed by atoms with Crippen LogP contribution in [-0.2, 0) is 14.4 Å². The molecule has 1 atom stereocenters. The normalized spacial score (nSPS) is 23.9. The lowest BCUT2D eigenvalue weighted by atomic mass is 10.0. The second-order valence-corrected chi connectivity index (χ2v) is 6.00. The number of carbonyl (C=O) groups is 3.